The van der Waals surface area contributed by atoms with Crippen LogP contribution < -0.4 is 14.9 Å². The van der Waals surface area contributed by atoms with Gasteiger partial charge in [-0.15, -0.1) is 0 Å². The van der Waals surface area contributed by atoms with E-state index in [1.165, 1.54) is 0 Å². The lowest BCUT2D eigenvalue weighted by Gasteiger charge is -2.07. The van der Waals surface area contributed by atoms with E-state index < -0.39 is 5.97 Å². The van der Waals surface area contributed by atoms with Gasteiger partial charge in [-0.1, -0.05) is 29.8 Å². The second-order valence-electron chi connectivity index (χ2n) is 7.65. The van der Waals surface area contributed by atoms with Crippen LogP contribution in [0.4, 0.5) is 0 Å². The predicted molar refractivity (Wildman–Crippen MR) is 125 cm³/mol. The van der Waals surface area contributed by atoms with Crippen LogP contribution >= 0.6 is 0 Å². The molecule has 3 aromatic carbocycles. The van der Waals surface area contributed by atoms with Crippen LogP contribution in [-0.4, -0.2) is 12.6 Å². The molecule has 0 spiro atoms. The maximum atomic E-state index is 13.1. The van der Waals surface area contributed by atoms with Gasteiger partial charge in [-0.3, -0.25) is 4.79 Å². The van der Waals surface area contributed by atoms with Crippen molar-refractivity contribution in [2.45, 2.75) is 27.7 Å². The van der Waals surface area contributed by atoms with Gasteiger partial charge in [0, 0.05) is 0 Å². The van der Waals surface area contributed by atoms with Crippen molar-refractivity contribution in [3.8, 4) is 22.6 Å². The molecule has 0 bridgehead atoms. The first-order chi connectivity index (χ1) is 15.4. The molecular weight excluding hydrogens is 404 g/mol. The fourth-order valence-corrected chi connectivity index (χ4v) is 3.75. The summed E-state index contributed by atoms with van der Waals surface area (Å²) in [6.45, 7) is 7.94. The molecule has 0 fully saturated rings. The van der Waals surface area contributed by atoms with Crippen molar-refractivity contribution in [2.75, 3.05) is 6.61 Å². The fraction of sp³-hybridized carbons (Fsp3) is 0.185. The Morgan fingerprint density at radius 1 is 0.844 bits per heavy atom. The summed E-state index contributed by atoms with van der Waals surface area (Å²) in [5.74, 6) is 1.54. The molecule has 0 saturated carbocycles. The van der Waals surface area contributed by atoms with Crippen LogP contribution in [0, 0.1) is 20.8 Å². The number of carbonyl (C=O) groups is 1. The number of hydrogen-bond donors (Lipinski definition) is 0. The number of furan rings is 1. The van der Waals surface area contributed by atoms with Gasteiger partial charge in [0.15, 0.2) is 5.43 Å². The fourth-order valence-electron chi connectivity index (χ4n) is 3.75. The van der Waals surface area contributed by atoms with Gasteiger partial charge < -0.3 is 13.9 Å². The molecule has 0 saturated heterocycles. The maximum absolute atomic E-state index is 13.1. The lowest BCUT2D eigenvalue weighted by atomic mass is 10.1. The van der Waals surface area contributed by atoms with Crippen molar-refractivity contribution in [2.24, 2.45) is 0 Å². The molecule has 0 amide bonds. The molecule has 32 heavy (non-hydrogen) atoms. The van der Waals surface area contributed by atoms with Crippen LogP contribution in [0.25, 0.3) is 21.9 Å². The van der Waals surface area contributed by atoms with E-state index in [1.807, 2.05) is 50.2 Å². The van der Waals surface area contributed by atoms with Crippen LogP contribution in [0.3, 0.4) is 0 Å². The Labute approximate surface area is 186 Å². The lowest BCUT2D eigenvalue weighted by molar-refractivity contribution is 0.0737. The summed E-state index contributed by atoms with van der Waals surface area (Å²) in [5.41, 5.74) is 2.72. The highest BCUT2D eigenvalue weighted by atomic mass is 16.5. The van der Waals surface area contributed by atoms with Crippen LogP contribution in [-0.2, 0) is 0 Å². The number of aryl methyl sites for hydroxylation is 3. The van der Waals surface area contributed by atoms with E-state index in [0.29, 0.717) is 40.0 Å². The Morgan fingerprint density at radius 2 is 1.50 bits per heavy atom. The molecule has 4 rings (SSSR count). The Morgan fingerprint density at radius 3 is 2.16 bits per heavy atom. The molecule has 0 atom stereocenters. The molecule has 5 nitrogen and oxygen atoms in total. The smallest absolute Gasteiger partial charge is 0.343 e. The van der Waals surface area contributed by atoms with Gasteiger partial charge >= 0.3 is 5.97 Å². The average molecular weight is 428 g/mol. The molecule has 0 unspecified atom stereocenters. The molecule has 0 aliphatic heterocycles. The van der Waals surface area contributed by atoms with Crippen LogP contribution in [0.5, 0.6) is 11.5 Å². The van der Waals surface area contributed by atoms with Crippen LogP contribution in [0.1, 0.15) is 34.4 Å². The molecule has 0 N–H and O–H groups in total. The van der Waals surface area contributed by atoms with Gasteiger partial charge in [0.1, 0.15) is 23.0 Å². The molecule has 162 valence electrons. The summed E-state index contributed by atoms with van der Waals surface area (Å²) in [6, 6.07) is 17.9. The highest BCUT2D eigenvalue weighted by Crippen LogP contribution is 2.34. The summed E-state index contributed by atoms with van der Waals surface area (Å²) in [6.07, 6.45) is 0. The third-order valence-electron chi connectivity index (χ3n) is 5.31. The zero-order valence-electron chi connectivity index (χ0n) is 18.5. The van der Waals surface area contributed by atoms with Crippen molar-refractivity contribution in [3.05, 3.63) is 93.5 Å². The number of ether oxygens (including phenoxy) is 2. The largest absolute Gasteiger partial charge is 0.494 e. The van der Waals surface area contributed by atoms with Crippen molar-refractivity contribution in [3.63, 3.8) is 0 Å². The summed E-state index contributed by atoms with van der Waals surface area (Å²) in [5, 5.41) is 0.913. The predicted octanol–water partition coefficient (Wildman–Crippen LogP) is 6.00. The minimum Gasteiger partial charge on any atom is -0.494 e. The topological polar surface area (TPSA) is 65.7 Å². The van der Waals surface area contributed by atoms with Crippen LogP contribution in [0.2, 0.25) is 0 Å². The zero-order valence-corrected chi connectivity index (χ0v) is 18.5. The molecule has 1 heterocycles. The molecule has 0 radical (unpaired) electrons. The number of benzene rings is 2. The van der Waals surface area contributed by atoms with E-state index in [0.717, 1.165) is 16.9 Å². The zero-order chi connectivity index (χ0) is 22.8. The Kier molecular flexibility index (Phi) is 5.82. The molecule has 1 aromatic heterocycles. The van der Waals surface area contributed by atoms with E-state index in [-0.39, 0.29) is 11.2 Å². The van der Waals surface area contributed by atoms with Crippen molar-refractivity contribution in [1.82, 2.24) is 0 Å². The monoisotopic (exact) mass is 428 g/mol. The molecule has 0 aliphatic rings. The van der Waals surface area contributed by atoms with Gasteiger partial charge in [-0.05, 0) is 75.2 Å². The first-order valence-electron chi connectivity index (χ1n) is 10.5. The summed E-state index contributed by atoms with van der Waals surface area (Å²) >= 11 is 0. The van der Waals surface area contributed by atoms with Gasteiger partial charge in [0.2, 0.25) is 0 Å². The van der Waals surface area contributed by atoms with E-state index in [2.05, 4.69) is 0 Å². The maximum Gasteiger partial charge on any atom is 0.343 e. The molecule has 4 aromatic rings. The van der Waals surface area contributed by atoms with E-state index in [4.69, 9.17) is 13.9 Å². The van der Waals surface area contributed by atoms with Crippen molar-refractivity contribution in [1.29, 1.82) is 0 Å². The molecule has 0 aliphatic carbocycles. The Balaban J connectivity index is 1.87. The number of esters is 1. The van der Waals surface area contributed by atoms with Gasteiger partial charge in [-0.25, -0.2) is 4.79 Å². The molecular formula is C27H24O5. The highest BCUT2D eigenvalue weighted by molar-refractivity contribution is 5.97. The quantitative estimate of drug-likeness (QED) is 0.365. The third-order valence-corrected chi connectivity index (χ3v) is 5.31. The summed E-state index contributed by atoms with van der Waals surface area (Å²) in [4.78, 5) is 26.0. The van der Waals surface area contributed by atoms with Gasteiger partial charge in [-0.2, -0.15) is 0 Å². The SMILES string of the molecule is CCOc1ccc(-c2cc(OC(=O)c3ccc(C)cc3)c3c(C)oc(C)c3c(=O)c2)cc1. The van der Waals surface area contributed by atoms with Gasteiger partial charge in [0.25, 0.3) is 0 Å². The molecule has 5 heteroatoms. The first-order valence-corrected chi connectivity index (χ1v) is 10.5. The first kappa shape index (κ1) is 21.4. The number of fused-ring (bicyclic) bond motifs is 1. The van der Waals surface area contributed by atoms with E-state index in [9.17, 15) is 9.59 Å². The number of rotatable bonds is 5. The van der Waals surface area contributed by atoms with Crippen molar-refractivity contribution >= 4 is 16.7 Å². The van der Waals surface area contributed by atoms with Crippen molar-refractivity contribution < 1.29 is 18.7 Å². The highest BCUT2D eigenvalue weighted by Gasteiger charge is 2.19. The number of carbonyl (C=O) groups excluding carboxylic acids is 1. The van der Waals surface area contributed by atoms with Crippen LogP contribution in [0.15, 0.2) is 69.9 Å². The Bertz CT molecular complexity index is 1350. The second kappa shape index (κ2) is 8.71. The third kappa shape index (κ3) is 4.14. The average Bonchev–Trinajstić information content (AvgIpc) is 2.98. The second-order valence-corrected chi connectivity index (χ2v) is 7.65. The summed E-state index contributed by atoms with van der Waals surface area (Å²) < 4.78 is 17.0. The lowest BCUT2D eigenvalue weighted by Crippen LogP contribution is -2.08. The Hall–Kier alpha value is -3.86. The summed E-state index contributed by atoms with van der Waals surface area (Å²) in [7, 11) is 0. The minimum atomic E-state index is -0.499. The normalized spacial score (nSPS) is 10.9. The van der Waals surface area contributed by atoms with Gasteiger partial charge in [0.05, 0.1) is 22.9 Å². The van der Waals surface area contributed by atoms with E-state index >= 15 is 0 Å². The number of hydrogen-bond acceptors (Lipinski definition) is 5. The standard InChI is InChI=1S/C27H24O5/c1-5-30-22-12-10-19(11-13-22)21-14-23(28)25-17(3)31-18(4)26(25)24(15-21)32-27(29)20-8-6-16(2)7-9-20/h6-15H,5H2,1-4H3. The minimum absolute atomic E-state index is 0.198. The van der Waals surface area contributed by atoms with E-state index in [1.54, 1.807) is 38.1 Å².